The Hall–Kier alpha value is -3.06. The number of aryl methyl sites for hydroxylation is 1. The second-order valence-corrected chi connectivity index (χ2v) is 11.9. The van der Waals surface area contributed by atoms with E-state index in [1.54, 1.807) is 0 Å². The van der Waals surface area contributed by atoms with Gasteiger partial charge in [-0.1, -0.05) is 27.7 Å². The number of carbonyl (C=O) groups excluding carboxylic acids is 1. The fraction of sp³-hybridized carbons (Fsp3) is 0.576. The number of anilines is 2. The molecular weight excluding hydrogens is 498 g/mol. The van der Waals surface area contributed by atoms with Gasteiger partial charge in [-0.05, 0) is 113 Å². The van der Waals surface area contributed by atoms with Crippen molar-refractivity contribution >= 4 is 28.6 Å². The van der Waals surface area contributed by atoms with Crippen LogP contribution in [-0.4, -0.2) is 64.6 Å². The zero-order valence-corrected chi connectivity index (χ0v) is 25.3. The second-order valence-electron chi connectivity index (χ2n) is 11.9. The van der Waals surface area contributed by atoms with Crippen LogP contribution in [0.5, 0.6) is 5.75 Å². The molecule has 1 fully saturated rings. The van der Waals surface area contributed by atoms with Gasteiger partial charge in [-0.25, -0.2) is 4.98 Å². The maximum atomic E-state index is 13.8. The molecular formula is C33H49N5O2. The van der Waals surface area contributed by atoms with E-state index < -0.39 is 0 Å². The number of nitrogens with zero attached hydrogens (tertiary/aromatic N) is 4. The molecule has 7 nitrogen and oxygen atoms in total. The third-order valence-electron chi connectivity index (χ3n) is 7.71. The molecule has 0 aliphatic carbocycles. The summed E-state index contributed by atoms with van der Waals surface area (Å²) in [7, 11) is 0. The highest BCUT2D eigenvalue weighted by Crippen LogP contribution is 2.26. The highest BCUT2D eigenvalue weighted by atomic mass is 16.5. The zero-order valence-electron chi connectivity index (χ0n) is 25.3. The number of likely N-dealkylation sites (tertiary alicyclic amines) is 1. The minimum atomic E-state index is 0.119. The van der Waals surface area contributed by atoms with Crippen LogP contribution in [0.1, 0.15) is 77.1 Å². The van der Waals surface area contributed by atoms with Gasteiger partial charge < -0.3 is 24.4 Å². The molecule has 0 radical (unpaired) electrons. The predicted octanol–water partition coefficient (Wildman–Crippen LogP) is 7.20. The van der Waals surface area contributed by atoms with Crippen LogP contribution < -0.4 is 10.1 Å². The third-order valence-corrected chi connectivity index (χ3v) is 7.71. The van der Waals surface area contributed by atoms with E-state index in [1.807, 2.05) is 48.2 Å². The van der Waals surface area contributed by atoms with Gasteiger partial charge in [0, 0.05) is 30.9 Å². The van der Waals surface area contributed by atoms with E-state index in [0.29, 0.717) is 18.4 Å². The summed E-state index contributed by atoms with van der Waals surface area (Å²) in [5.41, 5.74) is 3.62. The summed E-state index contributed by atoms with van der Waals surface area (Å²) in [5, 5.41) is 3.53. The molecule has 2 aromatic carbocycles. The summed E-state index contributed by atoms with van der Waals surface area (Å²) in [6, 6.07) is 14.0. The number of fused-ring (bicyclic) bond motifs is 1. The molecule has 218 valence electrons. The zero-order chi connectivity index (χ0) is 28.5. The third kappa shape index (κ3) is 8.23. The number of ether oxygens (including phenoxy) is 1. The van der Waals surface area contributed by atoms with Gasteiger partial charge in [-0.15, -0.1) is 0 Å². The summed E-state index contributed by atoms with van der Waals surface area (Å²) >= 11 is 0. The maximum Gasteiger partial charge on any atom is 0.253 e. The monoisotopic (exact) mass is 547 g/mol. The van der Waals surface area contributed by atoms with Gasteiger partial charge >= 0.3 is 0 Å². The Labute approximate surface area is 240 Å². The van der Waals surface area contributed by atoms with Gasteiger partial charge in [0.2, 0.25) is 5.95 Å². The Bertz CT molecular complexity index is 1200. The number of aromatic nitrogens is 2. The van der Waals surface area contributed by atoms with Gasteiger partial charge in [-0.3, -0.25) is 4.79 Å². The highest BCUT2D eigenvalue weighted by molar-refractivity contribution is 5.98. The molecule has 0 unspecified atom stereocenters. The topological polar surface area (TPSA) is 62.6 Å². The molecule has 1 aliphatic rings. The Kier molecular flexibility index (Phi) is 10.9. The highest BCUT2D eigenvalue weighted by Gasteiger charge is 2.20. The molecule has 1 aliphatic heterocycles. The molecule has 2 heterocycles. The average Bonchev–Trinajstić information content (AvgIpc) is 3.57. The lowest BCUT2D eigenvalue weighted by Crippen LogP contribution is -2.34. The molecule has 1 aromatic heterocycles. The molecule has 0 bridgehead atoms. The molecule has 4 rings (SSSR count). The molecule has 1 amide bonds. The minimum Gasteiger partial charge on any atom is -0.494 e. The van der Waals surface area contributed by atoms with E-state index in [0.717, 1.165) is 79.4 Å². The van der Waals surface area contributed by atoms with E-state index in [2.05, 4.69) is 48.5 Å². The van der Waals surface area contributed by atoms with Crippen LogP contribution in [0.25, 0.3) is 11.0 Å². The fourth-order valence-electron chi connectivity index (χ4n) is 5.29. The van der Waals surface area contributed by atoms with Crippen molar-refractivity contribution in [3.8, 4) is 5.75 Å². The Morgan fingerprint density at radius 2 is 1.65 bits per heavy atom. The standard InChI is InChI=1S/C33H49N5O2/c1-6-40-29-13-11-28(12-14-29)34-33-35-30-15-10-27(32(39)37(22-16-25(2)3)23-17-26(4)5)24-31(30)38(33)21-9-20-36-18-7-8-19-36/h10-15,24-26H,6-9,16-23H2,1-5H3,(H,34,35). The summed E-state index contributed by atoms with van der Waals surface area (Å²) in [6.45, 7) is 17.4. The van der Waals surface area contributed by atoms with E-state index in [9.17, 15) is 4.79 Å². The quantitative estimate of drug-likeness (QED) is 0.218. The smallest absolute Gasteiger partial charge is 0.253 e. The average molecular weight is 548 g/mol. The van der Waals surface area contributed by atoms with Gasteiger partial charge in [0.05, 0.1) is 17.6 Å². The molecule has 0 atom stereocenters. The molecule has 40 heavy (non-hydrogen) atoms. The van der Waals surface area contributed by atoms with Crippen LogP contribution >= 0.6 is 0 Å². The first-order chi connectivity index (χ1) is 19.3. The first-order valence-electron chi connectivity index (χ1n) is 15.4. The lowest BCUT2D eigenvalue weighted by Gasteiger charge is -2.25. The van der Waals surface area contributed by atoms with Crippen LogP contribution in [0.2, 0.25) is 0 Å². The molecule has 1 N–H and O–H groups in total. The fourth-order valence-corrected chi connectivity index (χ4v) is 5.29. The number of nitrogens with one attached hydrogen (secondary N) is 1. The first kappa shape index (κ1) is 29.9. The van der Waals surface area contributed by atoms with Crippen molar-refractivity contribution in [3.05, 3.63) is 48.0 Å². The van der Waals surface area contributed by atoms with Gasteiger partial charge in [0.15, 0.2) is 0 Å². The lowest BCUT2D eigenvalue weighted by atomic mass is 10.1. The molecule has 3 aromatic rings. The summed E-state index contributed by atoms with van der Waals surface area (Å²) in [6.07, 6.45) is 5.66. The van der Waals surface area contributed by atoms with E-state index in [1.165, 1.54) is 25.9 Å². The second kappa shape index (κ2) is 14.5. The molecule has 0 saturated carbocycles. The van der Waals surface area contributed by atoms with Crippen LogP contribution in [0.4, 0.5) is 11.6 Å². The normalized spacial score (nSPS) is 14.0. The van der Waals surface area contributed by atoms with Crippen LogP contribution in [0, 0.1) is 11.8 Å². The van der Waals surface area contributed by atoms with E-state index in [-0.39, 0.29) is 5.91 Å². The SMILES string of the molecule is CCOc1ccc(Nc2nc3ccc(C(=O)N(CCC(C)C)CCC(C)C)cc3n2CCCN2CCCC2)cc1. The number of amides is 1. The minimum absolute atomic E-state index is 0.119. The molecule has 7 heteroatoms. The largest absolute Gasteiger partial charge is 0.494 e. The van der Waals surface area contributed by atoms with E-state index in [4.69, 9.17) is 9.72 Å². The number of hydrogen-bond acceptors (Lipinski definition) is 5. The molecule has 1 saturated heterocycles. The van der Waals surface area contributed by atoms with Crippen molar-refractivity contribution in [2.45, 2.75) is 73.3 Å². The Morgan fingerprint density at radius 3 is 2.27 bits per heavy atom. The van der Waals surface area contributed by atoms with Crippen LogP contribution in [0.3, 0.4) is 0 Å². The first-order valence-corrected chi connectivity index (χ1v) is 15.4. The molecule has 0 spiro atoms. The summed E-state index contributed by atoms with van der Waals surface area (Å²) in [4.78, 5) is 23.3. The van der Waals surface area contributed by atoms with Crippen molar-refractivity contribution < 1.29 is 9.53 Å². The Morgan fingerprint density at radius 1 is 0.975 bits per heavy atom. The lowest BCUT2D eigenvalue weighted by molar-refractivity contribution is 0.0741. The van der Waals surface area contributed by atoms with Gasteiger partial charge in [-0.2, -0.15) is 0 Å². The van der Waals surface area contributed by atoms with Crippen molar-refractivity contribution in [2.75, 3.05) is 44.6 Å². The van der Waals surface area contributed by atoms with Crippen molar-refractivity contribution in [1.29, 1.82) is 0 Å². The van der Waals surface area contributed by atoms with Gasteiger partial charge in [0.1, 0.15) is 5.75 Å². The number of carbonyl (C=O) groups is 1. The van der Waals surface area contributed by atoms with Crippen molar-refractivity contribution in [3.63, 3.8) is 0 Å². The van der Waals surface area contributed by atoms with Crippen LogP contribution in [-0.2, 0) is 6.54 Å². The van der Waals surface area contributed by atoms with Crippen molar-refractivity contribution in [2.24, 2.45) is 11.8 Å². The van der Waals surface area contributed by atoms with Crippen LogP contribution in [0.15, 0.2) is 42.5 Å². The Balaban J connectivity index is 1.61. The maximum absolute atomic E-state index is 13.8. The predicted molar refractivity (Wildman–Crippen MR) is 166 cm³/mol. The summed E-state index contributed by atoms with van der Waals surface area (Å²) in [5.74, 6) is 2.90. The number of rotatable bonds is 15. The number of hydrogen-bond donors (Lipinski definition) is 1. The van der Waals surface area contributed by atoms with Gasteiger partial charge in [0.25, 0.3) is 5.91 Å². The number of benzene rings is 2. The van der Waals surface area contributed by atoms with E-state index >= 15 is 0 Å². The van der Waals surface area contributed by atoms with Crippen molar-refractivity contribution in [1.82, 2.24) is 19.4 Å². The summed E-state index contributed by atoms with van der Waals surface area (Å²) < 4.78 is 7.87. The number of imidazole rings is 1.